The number of halogens is 1. The van der Waals surface area contributed by atoms with Crippen molar-refractivity contribution in [3.63, 3.8) is 0 Å². The minimum Gasteiger partial charge on any atom is -0.493 e. The molecule has 2 heterocycles. The Bertz CT molecular complexity index is 1870. The van der Waals surface area contributed by atoms with Crippen LogP contribution in [0.1, 0.15) is 85.8 Å². The lowest BCUT2D eigenvalue weighted by Crippen LogP contribution is -2.61. The fraction of sp³-hybridized carbons (Fsp3) is 0.368. The van der Waals surface area contributed by atoms with Gasteiger partial charge in [-0.15, -0.1) is 0 Å². The van der Waals surface area contributed by atoms with Gasteiger partial charge in [0.2, 0.25) is 5.91 Å². The summed E-state index contributed by atoms with van der Waals surface area (Å²) in [6.07, 6.45) is 11.6. The summed E-state index contributed by atoms with van der Waals surface area (Å²) in [6.45, 7) is 4.27. The van der Waals surface area contributed by atoms with Gasteiger partial charge in [-0.05, 0) is 100 Å². The molecule has 0 radical (unpaired) electrons. The van der Waals surface area contributed by atoms with E-state index in [1.165, 1.54) is 31.9 Å². The second kappa shape index (κ2) is 14.0. The monoisotopic (exact) mass is 652 g/mol. The molecule has 4 aromatic rings. The molecule has 9 nitrogen and oxygen atoms in total. The van der Waals surface area contributed by atoms with Crippen LogP contribution in [0.3, 0.4) is 0 Å². The lowest BCUT2D eigenvalue weighted by Gasteiger charge is -2.40. The Morgan fingerprint density at radius 1 is 1.04 bits per heavy atom. The summed E-state index contributed by atoms with van der Waals surface area (Å²) in [5.74, 6) is -0.992. The number of anilines is 1. The summed E-state index contributed by atoms with van der Waals surface area (Å²) in [5.41, 5.74) is 4.24. The standard InChI is InChI=1S/C38H41FN4O5/c1-4-48-33-22-28(15-11-25(33)13-18-34(44)47-3)41-37(46)38(19-8-20-38)42-36(45)26-12-17-32-30(21-26)24(2)35(31-16-14-27(39)23-40-31)43(32)29-9-6-5-7-10-29/h11-18,21-23,29H,4-10,19-20H2,1-3H3,(H,41,46)(H,42,45). The van der Waals surface area contributed by atoms with Gasteiger partial charge in [0, 0.05) is 45.9 Å². The van der Waals surface area contributed by atoms with Crippen molar-refractivity contribution in [1.29, 1.82) is 0 Å². The third-order valence-electron chi connectivity index (χ3n) is 9.59. The Hall–Kier alpha value is -4.99. The highest BCUT2D eigenvalue weighted by atomic mass is 19.1. The topological polar surface area (TPSA) is 112 Å². The van der Waals surface area contributed by atoms with Gasteiger partial charge in [0.05, 0.1) is 31.3 Å². The van der Waals surface area contributed by atoms with Crippen LogP contribution in [-0.2, 0) is 14.3 Å². The molecule has 2 fully saturated rings. The van der Waals surface area contributed by atoms with E-state index < -0.39 is 11.5 Å². The van der Waals surface area contributed by atoms with Crippen molar-refractivity contribution >= 4 is 40.4 Å². The van der Waals surface area contributed by atoms with Gasteiger partial charge in [-0.1, -0.05) is 19.3 Å². The third-order valence-corrected chi connectivity index (χ3v) is 9.59. The Kier molecular flexibility index (Phi) is 9.61. The van der Waals surface area contributed by atoms with Crippen LogP contribution >= 0.6 is 0 Å². The van der Waals surface area contributed by atoms with Crippen molar-refractivity contribution in [2.45, 2.75) is 76.8 Å². The van der Waals surface area contributed by atoms with Crippen LogP contribution in [0.4, 0.5) is 10.1 Å². The molecule has 0 bridgehead atoms. The van der Waals surface area contributed by atoms with Gasteiger partial charge in [-0.2, -0.15) is 0 Å². The molecule has 0 aliphatic heterocycles. The number of nitrogens with one attached hydrogen (secondary N) is 2. The molecular weight excluding hydrogens is 611 g/mol. The number of amides is 2. The number of carbonyl (C=O) groups is 3. The van der Waals surface area contributed by atoms with Crippen molar-refractivity contribution < 1.29 is 28.2 Å². The van der Waals surface area contributed by atoms with E-state index in [1.807, 2.05) is 32.0 Å². The Morgan fingerprint density at radius 3 is 2.50 bits per heavy atom. The second-order valence-corrected chi connectivity index (χ2v) is 12.6. The number of methoxy groups -OCH3 is 1. The van der Waals surface area contributed by atoms with Gasteiger partial charge < -0.3 is 24.7 Å². The van der Waals surface area contributed by atoms with Crippen LogP contribution in [0.2, 0.25) is 0 Å². The molecule has 250 valence electrons. The predicted molar refractivity (Wildman–Crippen MR) is 183 cm³/mol. The van der Waals surface area contributed by atoms with Crippen molar-refractivity contribution in [2.75, 3.05) is 19.0 Å². The number of aromatic nitrogens is 2. The van der Waals surface area contributed by atoms with Gasteiger partial charge in [0.1, 0.15) is 17.1 Å². The number of rotatable bonds is 10. The number of hydrogen-bond donors (Lipinski definition) is 2. The predicted octanol–water partition coefficient (Wildman–Crippen LogP) is 7.53. The number of esters is 1. The molecular formula is C38H41FN4O5. The zero-order chi connectivity index (χ0) is 33.8. The first-order valence-electron chi connectivity index (χ1n) is 16.7. The largest absolute Gasteiger partial charge is 0.493 e. The number of ether oxygens (including phenoxy) is 2. The van der Waals surface area contributed by atoms with Crippen molar-refractivity contribution in [2.24, 2.45) is 0 Å². The molecule has 2 N–H and O–H groups in total. The average molecular weight is 653 g/mol. The van der Waals surface area contributed by atoms with E-state index in [4.69, 9.17) is 4.74 Å². The summed E-state index contributed by atoms with van der Waals surface area (Å²) < 4.78 is 26.6. The Labute approximate surface area is 279 Å². The number of nitrogens with zero attached hydrogens (tertiary/aromatic N) is 2. The maximum absolute atomic E-state index is 13.8. The summed E-state index contributed by atoms with van der Waals surface area (Å²) in [6, 6.07) is 14.3. The Balaban J connectivity index is 1.26. The number of carbonyl (C=O) groups excluding carboxylic acids is 3. The molecule has 2 aromatic carbocycles. The lowest BCUT2D eigenvalue weighted by atomic mass is 9.75. The first kappa shape index (κ1) is 32.9. The molecule has 10 heteroatoms. The molecule has 2 aliphatic rings. The molecule has 48 heavy (non-hydrogen) atoms. The van der Waals surface area contributed by atoms with Crippen LogP contribution in [0.25, 0.3) is 28.4 Å². The molecule has 6 rings (SSSR count). The van der Waals surface area contributed by atoms with Crippen molar-refractivity contribution in [1.82, 2.24) is 14.9 Å². The first-order chi connectivity index (χ1) is 23.2. The zero-order valence-electron chi connectivity index (χ0n) is 27.6. The summed E-state index contributed by atoms with van der Waals surface area (Å²) in [5, 5.41) is 6.96. The number of hydrogen-bond acceptors (Lipinski definition) is 6. The Morgan fingerprint density at radius 2 is 1.83 bits per heavy atom. The van der Waals surface area contributed by atoms with Crippen LogP contribution in [-0.4, -0.2) is 46.6 Å². The molecule has 2 amide bonds. The van der Waals surface area contributed by atoms with E-state index in [0.717, 1.165) is 54.3 Å². The van der Waals surface area contributed by atoms with Crippen LogP contribution in [0.15, 0.2) is 60.8 Å². The van der Waals surface area contributed by atoms with Gasteiger partial charge in [-0.25, -0.2) is 9.18 Å². The second-order valence-electron chi connectivity index (χ2n) is 12.6. The smallest absolute Gasteiger partial charge is 0.330 e. The molecule has 2 aliphatic carbocycles. The number of benzene rings is 2. The van der Waals surface area contributed by atoms with E-state index in [9.17, 15) is 18.8 Å². The van der Waals surface area contributed by atoms with E-state index in [0.29, 0.717) is 53.7 Å². The van der Waals surface area contributed by atoms with Crippen LogP contribution in [0.5, 0.6) is 5.75 Å². The maximum atomic E-state index is 13.8. The average Bonchev–Trinajstić information content (AvgIpc) is 3.37. The highest BCUT2D eigenvalue weighted by molar-refractivity contribution is 6.06. The number of fused-ring (bicyclic) bond motifs is 1. The van der Waals surface area contributed by atoms with E-state index in [1.54, 1.807) is 30.3 Å². The minimum atomic E-state index is -1.05. The van der Waals surface area contributed by atoms with Crippen molar-refractivity contribution in [3.8, 4) is 17.1 Å². The van der Waals surface area contributed by atoms with Gasteiger partial charge in [0.15, 0.2) is 0 Å². The maximum Gasteiger partial charge on any atom is 0.330 e. The van der Waals surface area contributed by atoms with E-state index in [2.05, 4.69) is 24.9 Å². The highest BCUT2D eigenvalue weighted by Gasteiger charge is 2.45. The molecule has 2 aromatic heterocycles. The zero-order valence-corrected chi connectivity index (χ0v) is 27.6. The van der Waals surface area contributed by atoms with E-state index >= 15 is 0 Å². The number of aryl methyl sites for hydroxylation is 1. The lowest BCUT2D eigenvalue weighted by molar-refractivity contribution is -0.134. The third kappa shape index (κ3) is 6.56. The van der Waals surface area contributed by atoms with Gasteiger partial charge in [0.25, 0.3) is 5.91 Å². The molecule has 0 unspecified atom stereocenters. The molecule has 0 saturated heterocycles. The van der Waals surface area contributed by atoms with Gasteiger partial charge >= 0.3 is 5.97 Å². The number of pyridine rings is 1. The molecule has 0 spiro atoms. The highest BCUT2D eigenvalue weighted by Crippen LogP contribution is 2.41. The van der Waals surface area contributed by atoms with Crippen LogP contribution in [0, 0.1) is 12.7 Å². The fourth-order valence-electron chi connectivity index (χ4n) is 6.90. The summed E-state index contributed by atoms with van der Waals surface area (Å²) >= 11 is 0. The van der Waals surface area contributed by atoms with E-state index in [-0.39, 0.29) is 17.6 Å². The minimum absolute atomic E-state index is 0.291. The SMILES string of the molecule is CCOc1cc(NC(=O)C2(NC(=O)c3ccc4c(c3)c(C)c(-c3ccc(F)cn3)n4C3CCCCC3)CCC2)ccc1C=CC(=O)OC. The first-order valence-corrected chi connectivity index (χ1v) is 16.7. The van der Waals surface area contributed by atoms with Gasteiger partial charge in [-0.3, -0.25) is 14.6 Å². The summed E-state index contributed by atoms with van der Waals surface area (Å²) in [4.78, 5) is 43.5. The molecule has 2 saturated carbocycles. The fourth-order valence-corrected chi connectivity index (χ4v) is 6.90. The summed E-state index contributed by atoms with van der Waals surface area (Å²) in [7, 11) is 1.31. The van der Waals surface area contributed by atoms with Crippen molar-refractivity contribution in [3.05, 3.63) is 83.3 Å². The van der Waals surface area contributed by atoms with Crippen LogP contribution < -0.4 is 15.4 Å². The quantitative estimate of drug-likeness (QED) is 0.135. The normalized spacial score (nSPS) is 16.0. The molecule has 0 atom stereocenters.